The van der Waals surface area contributed by atoms with Crippen LogP contribution in [0, 0.1) is 0 Å². The highest BCUT2D eigenvalue weighted by atomic mass is 35.5. The van der Waals surface area contributed by atoms with Crippen molar-refractivity contribution >= 4 is 34.8 Å². The summed E-state index contributed by atoms with van der Waals surface area (Å²) in [5, 5.41) is 11.4. The lowest BCUT2D eigenvalue weighted by atomic mass is 10.1. The van der Waals surface area contributed by atoms with E-state index in [1.165, 1.54) is 7.11 Å². The summed E-state index contributed by atoms with van der Waals surface area (Å²) in [7, 11) is 1.53. The number of aromatic nitrogens is 2. The van der Waals surface area contributed by atoms with Crippen molar-refractivity contribution in [1.29, 1.82) is 0 Å². The summed E-state index contributed by atoms with van der Waals surface area (Å²) in [6, 6.07) is 15.7. The zero-order valence-corrected chi connectivity index (χ0v) is 15.8. The van der Waals surface area contributed by atoms with Crippen molar-refractivity contribution in [1.82, 2.24) is 10.2 Å². The Hall–Kier alpha value is -2.83. The Morgan fingerprint density at radius 2 is 1.81 bits per heavy atom. The smallest absolute Gasteiger partial charge is 0.262 e. The molecule has 8 heteroatoms. The Labute approximate surface area is 166 Å². The van der Waals surface area contributed by atoms with Crippen LogP contribution in [-0.2, 0) is 4.79 Å². The van der Waals surface area contributed by atoms with Gasteiger partial charge in [0.15, 0.2) is 6.61 Å². The van der Waals surface area contributed by atoms with Gasteiger partial charge in [0.2, 0.25) is 5.88 Å². The van der Waals surface area contributed by atoms with Gasteiger partial charge in [-0.3, -0.25) is 4.79 Å². The summed E-state index contributed by atoms with van der Waals surface area (Å²) >= 11 is 11.9. The van der Waals surface area contributed by atoms with Gasteiger partial charge in [-0.25, -0.2) is 0 Å². The zero-order chi connectivity index (χ0) is 19.2. The Bertz CT molecular complexity index is 932. The third-order valence-electron chi connectivity index (χ3n) is 3.59. The standard InChI is InChI=1S/C19H15Cl2N3O3/c1-26-18-10-9-15(23-24-18)12-5-7-13(8-6-12)22-17(25)11-27-16-4-2-3-14(20)19(16)21/h2-10H,11H2,1H3,(H,22,25). The second-order valence-corrected chi connectivity index (χ2v) is 6.21. The van der Waals surface area contributed by atoms with Crippen molar-refractivity contribution in [3.63, 3.8) is 0 Å². The molecule has 0 aliphatic rings. The topological polar surface area (TPSA) is 73.3 Å². The van der Waals surface area contributed by atoms with Gasteiger partial charge in [0, 0.05) is 17.3 Å². The number of anilines is 1. The molecule has 2 aromatic carbocycles. The fraction of sp³-hybridized carbons (Fsp3) is 0.105. The number of rotatable bonds is 6. The van der Waals surface area contributed by atoms with E-state index in [0.29, 0.717) is 28.0 Å². The number of methoxy groups -OCH3 is 1. The van der Waals surface area contributed by atoms with Crippen LogP contribution >= 0.6 is 23.2 Å². The van der Waals surface area contributed by atoms with E-state index in [9.17, 15) is 4.79 Å². The maximum Gasteiger partial charge on any atom is 0.262 e. The Kier molecular flexibility index (Phi) is 6.11. The quantitative estimate of drug-likeness (QED) is 0.656. The van der Waals surface area contributed by atoms with E-state index >= 15 is 0 Å². The maximum absolute atomic E-state index is 12.1. The Morgan fingerprint density at radius 1 is 1.04 bits per heavy atom. The lowest BCUT2D eigenvalue weighted by molar-refractivity contribution is -0.118. The summed E-state index contributed by atoms with van der Waals surface area (Å²) in [6.45, 7) is -0.189. The fourth-order valence-corrected chi connectivity index (χ4v) is 2.59. The normalized spacial score (nSPS) is 10.3. The van der Waals surface area contributed by atoms with Crippen molar-refractivity contribution in [2.24, 2.45) is 0 Å². The van der Waals surface area contributed by atoms with Crippen molar-refractivity contribution in [3.05, 3.63) is 64.6 Å². The van der Waals surface area contributed by atoms with E-state index < -0.39 is 0 Å². The minimum absolute atomic E-state index is 0.189. The SMILES string of the molecule is COc1ccc(-c2ccc(NC(=O)COc3cccc(Cl)c3Cl)cc2)nn1. The van der Waals surface area contributed by atoms with Gasteiger partial charge in [0.05, 0.1) is 17.8 Å². The zero-order valence-electron chi connectivity index (χ0n) is 14.3. The average Bonchev–Trinajstić information content (AvgIpc) is 2.70. The highest BCUT2D eigenvalue weighted by molar-refractivity contribution is 6.42. The molecule has 0 radical (unpaired) electrons. The molecule has 3 rings (SSSR count). The first-order chi connectivity index (χ1) is 13.1. The minimum Gasteiger partial charge on any atom is -0.482 e. The fourth-order valence-electron chi connectivity index (χ4n) is 2.24. The molecule has 0 fully saturated rings. The van der Waals surface area contributed by atoms with Crippen LogP contribution < -0.4 is 14.8 Å². The number of carbonyl (C=O) groups excluding carboxylic acids is 1. The third-order valence-corrected chi connectivity index (χ3v) is 4.39. The molecule has 0 spiro atoms. The molecule has 0 aliphatic heterocycles. The molecular weight excluding hydrogens is 389 g/mol. The van der Waals surface area contributed by atoms with Crippen molar-refractivity contribution in [3.8, 4) is 22.9 Å². The molecule has 0 unspecified atom stereocenters. The van der Waals surface area contributed by atoms with Crippen LogP contribution in [0.5, 0.6) is 11.6 Å². The second-order valence-electron chi connectivity index (χ2n) is 5.43. The molecule has 27 heavy (non-hydrogen) atoms. The molecule has 3 aromatic rings. The van der Waals surface area contributed by atoms with E-state index in [-0.39, 0.29) is 17.5 Å². The van der Waals surface area contributed by atoms with Crippen LogP contribution in [0.2, 0.25) is 10.0 Å². The predicted octanol–water partition coefficient (Wildman–Crippen LogP) is 4.48. The highest BCUT2D eigenvalue weighted by Gasteiger charge is 2.09. The van der Waals surface area contributed by atoms with Crippen LogP contribution in [0.3, 0.4) is 0 Å². The average molecular weight is 404 g/mol. The predicted molar refractivity (Wildman–Crippen MR) is 105 cm³/mol. The Balaban J connectivity index is 1.58. The first kappa shape index (κ1) is 18.9. The molecule has 1 amide bonds. The molecule has 138 valence electrons. The number of hydrogen-bond acceptors (Lipinski definition) is 5. The van der Waals surface area contributed by atoms with E-state index in [0.717, 1.165) is 5.56 Å². The second kappa shape index (κ2) is 8.70. The van der Waals surface area contributed by atoms with E-state index in [1.807, 2.05) is 18.2 Å². The van der Waals surface area contributed by atoms with Gasteiger partial charge in [-0.1, -0.05) is 41.4 Å². The number of benzene rings is 2. The number of ether oxygens (including phenoxy) is 2. The molecule has 0 saturated heterocycles. The largest absolute Gasteiger partial charge is 0.482 e. The minimum atomic E-state index is -0.317. The molecule has 0 saturated carbocycles. The molecular formula is C19H15Cl2N3O3. The first-order valence-corrected chi connectivity index (χ1v) is 8.67. The summed E-state index contributed by atoms with van der Waals surface area (Å²) in [5.74, 6) is 0.484. The lowest BCUT2D eigenvalue weighted by Gasteiger charge is -2.10. The van der Waals surface area contributed by atoms with Crippen molar-refractivity contribution in [2.75, 3.05) is 19.0 Å². The van der Waals surface area contributed by atoms with Crippen molar-refractivity contribution < 1.29 is 14.3 Å². The van der Waals surface area contributed by atoms with Crippen LogP contribution in [-0.4, -0.2) is 29.8 Å². The van der Waals surface area contributed by atoms with Crippen molar-refractivity contribution in [2.45, 2.75) is 0 Å². The van der Waals surface area contributed by atoms with Gasteiger partial charge in [0.1, 0.15) is 10.8 Å². The molecule has 6 nitrogen and oxygen atoms in total. The number of amides is 1. The molecule has 1 N–H and O–H groups in total. The van der Waals surface area contributed by atoms with Gasteiger partial charge in [-0.2, -0.15) is 0 Å². The number of nitrogens with zero attached hydrogens (tertiary/aromatic N) is 2. The van der Waals surface area contributed by atoms with Gasteiger partial charge in [-0.15, -0.1) is 10.2 Å². The maximum atomic E-state index is 12.1. The summed E-state index contributed by atoms with van der Waals surface area (Å²) in [4.78, 5) is 12.1. The third kappa shape index (κ3) is 4.87. The molecule has 0 aliphatic carbocycles. The molecule has 0 bridgehead atoms. The van der Waals surface area contributed by atoms with Crippen LogP contribution in [0.4, 0.5) is 5.69 Å². The lowest BCUT2D eigenvalue weighted by Crippen LogP contribution is -2.20. The van der Waals surface area contributed by atoms with E-state index in [4.69, 9.17) is 32.7 Å². The van der Waals surface area contributed by atoms with Crippen LogP contribution in [0.1, 0.15) is 0 Å². The van der Waals surface area contributed by atoms with Crippen LogP contribution in [0.15, 0.2) is 54.6 Å². The van der Waals surface area contributed by atoms with Gasteiger partial charge in [-0.05, 0) is 30.3 Å². The number of carbonyl (C=O) groups is 1. The van der Waals surface area contributed by atoms with E-state index in [1.54, 1.807) is 36.4 Å². The number of halogens is 2. The number of hydrogen-bond donors (Lipinski definition) is 1. The highest BCUT2D eigenvalue weighted by Crippen LogP contribution is 2.31. The molecule has 1 aromatic heterocycles. The first-order valence-electron chi connectivity index (χ1n) is 7.91. The monoisotopic (exact) mass is 403 g/mol. The van der Waals surface area contributed by atoms with Gasteiger partial charge >= 0.3 is 0 Å². The van der Waals surface area contributed by atoms with Crippen LogP contribution in [0.25, 0.3) is 11.3 Å². The van der Waals surface area contributed by atoms with E-state index in [2.05, 4.69) is 15.5 Å². The summed E-state index contributed by atoms with van der Waals surface area (Å²) in [6.07, 6.45) is 0. The number of nitrogens with one attached hydrogen (secondary N) is 1. The summed E-state index contributed by atoms with van der Waals surface area (Å²) in [5.41, 5.74) is 2.20. The Morgan fingerprint density at radius 3 is 2.48 bits per heavy atom. The summed E-state index contributed by atoms with van der Waals surface area (Å²) < 4.78 is 10.4. The molecule has 0 atom stereocenters. The van der Waals surface area contributed by atoms with Gasteiger partial charge < -0.3 is 14.8 Å². The van der Waals surface area contributed by atoms with Gasteiger partial charge in [0.25, 0.3) is 5.91 Å². The molecule has 1 heterocycles.